The molecule has 0 heterocycles. The highest BCUT2D eigenvalue weighted by atomic mass is 19.4. The number of hydrogen-bond acceptors (Lipinski definition) is 3. The van der Waals surface area contributed by atoms with E-state index >= 15 is 0 Å². The first-order valence-corrected chi connectivity index (χ1v) is 6.32. The van der Waals surface area contributed by atoms with Gasteiger partial charge in [0.25, 0.3) is 5.91 Å². The van der Waals surface area contributed by atoms with Crippen molar-refractivity contribution >= 4 is 11.6 Å². The third-order valence-corrected chi connectivity index (χ3v) is 2.66. The Hall–Kier alpha value is -1.76. The molecule has 0 radical (unpaired) electrons. The van der Waals surface area contributed by atoms with Crippen LogP contribution in [0.4, 0.5) is 18.9 Å². The highest BCUT2D eigenvalue weighted by Gasteiger charge is 2.31. The van der Waals surface area contributed by atoms with Gasteiger partial charge in [-0.2, -0.15) is 13.2 Å². The Bertz CT molecular complexity index is 461. The molecular weight excluding hydrogens is 271 g/mol. The van der Waals surface area contributed by atoms with Gasteiger partial charge in [0.15, 0.2) is 0 Å². The lowest BCUT2D eigenvalue weighted by Gasteiger charge is -2.13. The lowest BCUT2D eigenvalue weighted by atomic mass is 10.1. The molecule has 7 heteroatoms. The number of carbonyl (C=O) groups is 1. The first kappa shape index (κ1) is 16.3. The second-order valence-corrected chi connectivity index (χ2v) is 4.30. The van der Waals surface area contributed by atoms with E-state index in [0.717, 1.165) is 25.1 Å². The molecule has 0 unspecified atom stereocenters. The van der Waals surface area contributed by atoms with Gasteiger partial charge in [-0.3, -0.25) is 4.79 Å². The van der Waals surface area contributed by atoms with E-state index in [0.29, 0.717) is 18.8 Å². The zero-order valence-electron chi connectivity index (χ0n) is 11.2. The van der Waals surface area contributed by atoms with Crippen molar-refractivity contribution in [2.24, 2.45) is 5.73 Å². The fourth-order valence-corrected chi connectivity index (χ4v) is 1.67. The molecule has 0 fully saturated rings. The van der Waals surface area contributed by atoms with Gasteiger partial charge in [0.1, 0.15) is 0 Å². The van der Waals surface area contributed by atoms with Crippen LogP contribution in [0.15, 0.2) is 18.2 Å². The van der Waals surface area contributed by atoms with Gasteiger partial charge in [0.2, 0.25) is 0 Å². The molecule has 4 N–H and O–H groups in total. The van der Waals surface area contributed by atoms with Crippen molar-refractivity contribution in [3.05, 3.63) is 29.3 Å². The molecule has 112 valence electrons. The topological polar surface area (TPSA) is 67.2 Å². The number of nitrogens with one attached hydrogen (secondary N) is 2. The van der Waals surface area contributed by atoms with Crippen molar-refractivity contribution in [2.75, 3.05) is 25.0 Å². The van der Waals surface area contributed by atoms with Crippen molar-refractivity contribution in [3.8, 4) is 0 Å². The summed E-state index contributed by atoms with van der Waals surface area (Å²) in [5.41, 5.74) is 4.38. The zero-order valence-corrected chi connectivity index (χ0v) is 11.2. The predicted octanol–water partition coefficient (Wildman–Crippen LogP) is 2.22. The van der Waals surface area contributed by atoms with Gasteiger partial charge in [-0.1, -0.05) is 6.92 Å². The van der Waals surface area contributed by atoms with Crippen LogP contribution in [0.5, 0.6) is 0 Å². The number of anilines is 1. The van der Waals surface area contributed by atoms with Crippen molar-refractivity contribution in [1.82, 2.24) is 5.32 Å². The SMILES string of the molecule is CCCNCCNc1ccc(C(F)(F)F)cc1C(N)=O. The average molecular weight is 289 g/mol. The lowest BCUT2D eigenvalue weighted by Crippen LogP contribution is -2.24. The summed E-state index contributed by atoms with van der Waals surface area (Å²) in [6, 6.07) is 2.92. The van der Waals surface area contributed by atoms with Gasteiger partial charge >= 0.3 is 6.18 Å². The smallest absolute Gasteiger partial charge is 0.383 e. The summed E-state index contributed by atoms with van der Waals surface area (Å²) in [5, 5.41) is 6.03. The van der Waals surface area contributed by atoms with Crippen molar-refractivity contribution < 1.29 is 18.0 Å². The second-order valence-electron chi connectivity index (χ2n) is 4.30. The molecule has 0 saturated heterocycles. The van der Waals surface area contributed by atoms with Crippen molar-refractivity contribution in [1.29, 1.82) is 0 Å². The summed E-state index contributed by atoms with van der Waals surface area (Å²) in [4.78, 5) is 11.2. The molecule has 20 heavy (non-hydrogen) atoms. The largest absolute Gasteiger partial charge is 0.416 e. The van der Waals surface area contributed by atoms with Crippen LogP contribution in [0.3, 0.4) is 0 Å². The summed E-state index contributed by atoms with van der Waals surface area (Å²) in [5.74, 6) is -0.889. The molecular formula is C13H18F3N3O. The van der Waals surface area contributed by atoms with Gasteiger partial charge in [-0.25, -0.2) is 0 Å². The number of halogens is 3. The number of alkyl halides is 3. The quantitative estimate of drug-likeness (QED) is 0.674. The van der Waals surface area contributed by atoms with Crippen LogP contribution in [0.2, 0.25) is 0 Å². The Kier molecular flexibility index (Phi) is 5.82. The van der Waals surface area contributed by atoms with Gasteiger partial charge in [0.05, 0.1) is 11.1 Å². The summed E-state index contributed by atoms with van der Waals surface area (Å²) in [6.45, 7) is 4.03. The van der Waals surface area contributed by atoms with Crippen LogP contribution in [0, 0.1) is 0 Å². The van der Waals surface area contributed by atoms with E-state index in [1.165, 1.54) is 6.07 Å². The molecule has 0 spiro atoms. The summed E-state index contributed by atoms with van der Waals surface area (Å²) >= 11 is 0. The first-order valence-electron chi connectivity index (χ1n) is 6.32. The Labute approximate surface area is 115 Å². The van der Waals surface area contributed by atoms with E-state index in [1.54, 1.807) is 0 Å². The van der Waals surface area contributed by atoms with Crippen LogP contribution in [-0.2, 0) is 6.18 Å². The Balaban J connectivity index is 2.78. The highest BCUT2D eigenvalue weighted by molar-refractivity contribution is 5.98. The molecule has 0 aliphatic carbocycles. The first-order chi connectivity index (χ1) is 9.36. The van der Waals surface area contributed by atoms with Crippen LogP contribution in [0.1, 0.15) is 29.3 Å². The number of hydrogen-bond donors (Lipinski definition) is 3. The number of primary amides is 1. The third kappa shape index (κ3) is 4.73. The molecule has 0 aliphatic heterocycles. The monoisotopic (exact) mass is 289 g/mol. The molecule has 4 nitrogen and oxygen atoms in total. The Morgan fingerprint density at radius 2 is 1.95 bits per heavy atom. The maximum Gasteiger partial charge on any atom is 0.416 e. The third-order valence-electron chi connectivity index (χ3n) is 2.66. The lowest BCUT2D eigenvalue weighted by molar-refractivity contribution is -0.137. The molecule has 0 aliphatic rings. The normalized spacial score (nSPS) is 11.4. The number of rotatable bonds is 7. The van der Waals surface area contributed by atoms with Crippen LogP contribution in [-0.4, -0.2) is 25.5 Å². The predicted molar refractivity (Wildman–Crippen MR) is 71.6 cm³/mol. The fraction of sp³-hybridized carbons (Fsp3) is 0.462. The summed E-state index contributed by atoms with van der Waals surface area (Å²) < 4.78 is 37.7. The van der Waals surface area contributed by atoms with Gasteiger partial charge in [-0.05, 0) is 31.2 Å². The number of amides is 1. The molecule has 0 atom stereocenters. The number of nitrogens with two attached hydrogens (primary N) is 1. The molecule has 1 aromatic carbocycles. The van der Waals surface area contributed by atoms with E-state index in [1.807, 2.05) is 6.92 Å². The molecule has 0 saturated carbocycles. The zero-order chi connectivity index (χ0) is 15.2. The number of carbonyl (C=O) groups excluding carboxylic acids is 1. The number of benzene rings is 1. The van der Waals surface area contributed by atoms with E-state index in [2.05, 4.69) is 10.6 Å². The fourth-order valence-electron chi connectivity index (χ4n) is 1.67. The summed E-state index contributed by atoms with van der Waals surface area (Å²) in [6.07, 6.45) is -3.50. The minimum absolute atomic E-state index is 0.157. The van der Waals surface area contributed by atoms with Crippen LogP contribution >= 0.6 is 0 Å². The molecule has 1 rings (SSSR count). The minimum atomic E-state index is -4.49. The van der Waals surface area contributed by atoms with Gasteiger partial charge in [-0.15, -0.1) is 0 Å². The maximum atomic E-state index is 12.6. The van der Waals surface area contributed by atoms with E-state index in [9.17, 15) is 18.0 Å². The van der Waals surface area contributed by atoms with Gasteiger partial charge in [0, 0.05) is 18.8 Å². The van der Waals surface area contributed by atoms with E-state index in [4.69, 9.17) is 5.73 Å². The molecule has 1 amide bonds. The van der Waals surface area contributed by atoms with Crippen LogP contribution in [0.25, 0.3) is 0 Å². The molecule has 1 aromatic rings. The van der Waals surface area contributed by atoms with Gasteiger partial charge < -0.3 is 16.4 Å². The minimum Gasteiger partial charge on any atom is -0.383 e. The van der Waals surface area contributed by atoms with E-state index < -0.39 is 17.6 Å². The highest BCUT2D eigenvalue weighted by Crippen LogP contribution is 2.31. The summed E-state index contributed by atoms with van der Waals surface area (Å²) in [7, 11) is 0. The molecule has 0 bridgehead atoms. The standard InChI is InChI=1S/C13H18F3N3O/c1-2-5-18-6-7-19-11-4-3-9(13(14,15)16)8-10(11)12(17)20/h3-4,8,18-19H,2,5-7H2,1H3,(H2,17,20). The molecule has 0 aromatic heterocycles. The van der Waals surface area contributed by atoms with E-state index in [-0.39, 0.29) is 5.56 Å². The van der Waals surface area contributed by atoms with Crippen LogP contribution < -0.4 is 16.4 Å². The van der Waals surface area contributed by atoms with Crippen molar-refractivity contribution in [3.63, 3.8) is 0 Å². The maximum absolute atomic E-state index is 12.6. The Morgan fingerprint density at radius 1 is 1.25 bits per heavy atom. The average Bonchev–Trinajstić information content (AvgIpc) is 2.37. The van der Waals surface area contributed by atoms with Crippen molar-refractivity contribution in [2.45, 2.75) is 19.5 Å². The second kappa shape index (κ2) is 7.14. The Morgan fingerprint density at radius 3 is 2.50 bits per heavy atom.